The van der Waals surface area contributed by atoms with Gasteiger partial charge in [-0.2, -0.15) is 0 Å². The van der Waals surface area contributed by atoms with Gasteiger partial charge in [-0.25, -0.2) is 13.2 Å². The lowest BCUT2D eigenvalue weighted by Crippen LogP contribution is -2.54. The van der Waals surface area contributed by atoms with Gasteiger partial charge in [-0.3, -0.25) is 9.59 Å². The number of esters is 1. The van der Waals surface area contributed by atoms with Gasteiger partial charge in [0, 0.05) is 31.7 Å². The summed E-state index contributed by atoms with van der Waals surface area (Å²) in [6, 6.07) is 2.43. The van der Waals surface area contributed by atoms with Crippen molar-refractivity contribution in [3.8, 4) is 11.3 Å². The monoisotopic (exact) mass is 437 g/mol. The molecule has 31 heavy (non-hydrogen) atoms. The van der Waals surface area contributed by atoms with Gasteiger partial charge < -0.3 is 19.5 Å². The molecule has 2 fully saturated rings. The zero-order valence-corrected chi connectivity index (χ0v) is 16.9. The summed E-state index contributed by atoms with van der Waals surface area (Å²) in [4.78, 5) is 27.2. The first-order valence-electron chi connectivity index (χ1n) is 10.1. The van der Waals surface area contributed by atoms with Gasteiger partial charge >= 0.3 is 5.97 Å². The average molecular weight is 437 g/mol. The Hall–Kier alpha value is -2.88. The molecule has 1 saturated heterocycles. The van der Waals surface area contributed by atoms with E-state index < -0.39 is 41.3 Å². The number of piperidine rings is 1. The Balaban J connectivity index is 1.46. The number of methoxy groups -OCH3 is 1. The normalized spacial score (nSPS) is 21.7. The summed E-state index contributed by atoms with van der Waals surface area (Å²) in [5.41, 5.74) is -0.519. The molecule has 1 aromatic heterocycles. The molecule has 7 nitrogen and oxygen atoms in total. The van der Waals surface area contributed by atoms with E-state index in [9.17, 15) is 22.8 Å². The van der Waals surface area contributed by atoms with Gasteiger partial charge in [0.05, 0.1) is 18.6 Å². The summed E-state index contributed by atoms with van der Waals surface area (Å²) in [7, 11) is 1.31. The molecule has 2 atom stereocenters. The molecule has 4 rings (SSSR count). The standard InChI is InChI=1S/C21H22F3N3O4/c1-30-21(29)13-10-27(9-11-2-3-11)7-6-15(13)25-20(28)16-8-17(31-26-16)12-4-5-14(22)19(24)18(12)23/h4-5,8,11,13,15H,2-3,6-7,9-10H2,1H3,(H,25,28). The molecule has 2 aliphatic rings. The van der Waals surface area contributed by atoms with Crippen molar-refractivity contribution < 1.29 is 32.0 Å². The molecule has 1 saturated carbocycles. The van der Waals surface area contributed by atoms with Crippen molar-refractivity contribution in [3.05, 3.63) is 41.3 Å². The van der Waals surface area contributed by atoms with Crippen LogP contribution in [-0.4, -0.2) is 54.7 Å². The average Bonchev–Trinajstić information content (AvgIpc) is 3.44. The highest BCUT2D eigenvalue weighted by atomic mass is 19.2. The SMILES string of the molecule is COC(=O)C1CN(CC2CC2)CCC1NC(=O)c1cc(-c2ccc(F)c(F)c2F)on1. The Bertz CT molecular complexity index is 992. The molecular weight excluding hydrogens is 415 g/mol. The number of ether oxygens (including phenoxy) is 1. The van der Waals surface area contributed by atoms with Crippen LogP contribution in [0.4, 0.5) is 13.2 Å². The molecule has 0 radical (unpaired) electrons. The van der Waals surface area contributed by atoms with E-state index in [1.165, 1.54) is 20.0 Å². The second-order valence-electron chi connectivity index (χ2n) is 8.00. The van der Waals surface area contributed by atoms with Gasteiger partial charge in [0.2, 0.25) is 0 Å². The summed E-state index contributed by atoms with van der Waals surface area (Å²) in [6.45, 7) is 2.15. The van der Waals surface area contributed by atoms with Crippen molar-refractivity contribution in [1.29, 1.82) is 0 Å². The van der Waals surface area contributed by atoms with Gasteiger partial charge in [-0.05, 0) is 37.3 Å². The first-order chi connectivity index (χ1) is 14.9. The first-order valence-corrected chi connectivity index (χ1v) is 10.1. The van der Waals surface area contributed by atoms with Crippen LogP contribution in [0.1, 0.15) is 29.8 Å². The number of benzene rings is 1. The largest absolute Gasteiger partial charge is 0.469 e. The van der Waals surface area contributed by atoms with Crippen LogP contribution in [0, 0.1) is 29.3 Å². The number of hydrogen-bond acceptors (Lipinski definition) is 6. The second-order valence-corrected chi connectivity index (χ2v) is 8.00. The summed E-state index contributed by atoms with van der Waals surface area (Å²) >= 11 is 0. The molecule has 1 aromatic carbocycles. The third-order valence-electron chi connectivity index (χ3n) is 5.77. The molecule has 2 heterocycles. The van der Waals surface area contributed by atoms with E-state index in [-0.39, 0.29) is 17.0 Å². The van der Waals surface area contributed by atoms with Crippen molar-refractivity contribution in [3.63, 3.8) is 0 Å². The molecule has 2 aromatic rings. The van der Waals surface area contributed by atoms with Gasteiger partial charge in [0.25, 0.3) is 5.91 Å². The lowest BCUT2D eigenvalue weighted by Gasteiger charge is -2.37. The van der Waals surface area contributed by atoms with Crippen molar-refractivity contribution >= 4 is 11.9 Å². The smallest absolute Gasteiger partial charge is 0.312 e. The van der Waals surface area contributed by atoms with Crippen LogP contribution in [0.3, 0.4) is 0 Å². The highest BCUT2D eigenvalue weighted by Gasteiger charge is 2.38. The van der Waals surface area contributed by atoms with Crippen molar-refractivity contribution in [2.75, 3.05) is 26.7 Å². The van der Waals surface area contributed by atoms with Crippen LogP contribution in [0.2, 0.25) is 0 Å². The molecule has 0 spiro atoms. The molecule has 1 aliphatic heterocycles. The third kappa shape index (κ3) is 4.58. The highest BCUT2D eigenvalue weighted by Crippen LogP contribution is 2.32. The van der Waals surface area contributed by atoms with Crippen molar-refractivity contribution in [2.24, 2.45) is 11.8 Å². The van der Waals surface area contributed by atoms with Gasteiger partial charge in [0.1, 0.15) is 0 Å². The van der Waals surface area contributed by atoms with Crippen molar-refractivity contribution in [2.45, 2.75) is 25.3 Å². The Kier molecular flexibility index (Phi) is 5.99. The summed E-state index contributed by atoms with van der Waals surface area (Å²) < 4.78 is 50.5. The molecule has 0 bridgehead atoms. The second kappa shape index (κ2) is 8.70. The van der Waals surface area contributed by atoms with Gasteiger partial charge in [0.15, 0.2) is 28.9 Å². The molecule has 166 valence electrons. The lowest BCUT2D eigenvalue weighted by molar-refractivity contribution is -0.148. The number of nitrogens with one attached hydrogen (secondary N) is 1. The van der Waals surface area contributed by atoms with Crippen LogP contribution >= 0.6 is 0 Å². The fraction of sp³-hybridized carbons (Fsp3) is 0.476. The van der Waals surface area contributed by atoms with E-state index in [2.05, 4.69) is 15.4 Å². The quantitative estimate of drug-likeness (QED) is 0.553. The zero-order valence-electron chi connectivity index (χ0n) is 16.9. The highest BCUT2D eigenvalue weighted by molar-refractivity contribution is 5.93. The fourth-order valence-corrected chi connectivity index (χ4v) is 3.88. The number of rotatable bonds is 6. The summed E-state index contributed by atoms with van der Waals surface area (Å²) in [6.07, 6.45) is 2.96. The van der Waals surface area contributed by atoms with E-state index in [4.69, 9.17) is 9.26 Å². The zero-order chi connectivity index (χ0) is 22.1. The Morgan fingerprint density at radius 3 is 2.71 bits per heavy atom. The van der Waals surface area contributed by atoms with Gasteiger partial charge in [-0.1, -0.05) is 5.16 Å². The summed E-state index contributed by atoms with van der Waals surface area (Å²) in [5, 5.41) is 6.38. The maximum atomic E-state index is 14.0. The van der Waals surface area contributed by atoms with Crippen LogP contribution in [0.25, 0.3) is 11.3 Å². The molecule has 10 heteroatoms. The predicted molar refractivity (Wildman–Crippen MR) is 102 cm³/mol. The Morgan fingerprint density at radius 1 is 1.23 bits per heavy atom. The van der Waals surface area contributed by atoms with E-state index >= 15 is 0 Å². The minimum Gasteiger partial charge on any atom is -0.469 e. The molecule has 1 N–H and O–H groups in total. The van der Waals surface area contributed by atoms with Crippen LogP contribution in [-0.2, 0) is 9.53 Å². The number of halogens is 3. The Labute approximate surface area is 176 Å². The number of likely N-dealkylation sites (tertiary alicyclic amines) is 1. The van der Waals surface area contributed by atoms with Crippen LogP contribution < -0.4 is 5.32 Å². The molecule has 1 amide bonds. The van der Waals surface area contributed by atoms with Gasteiger partial charge in [-0.15, -0.1) is 0 Å². The van der Waals surface area contributed by atoms with E-state index in [0.717, 1.165) is 31.3 Å². The third-order valence-corrected chi connectivity index (χ3v) is 5.77. The van der Waals surface area contributed by atoms with Crippen molar-refractivity contribution in [1.82, 2.24) is 15.4 Å². The lowest BCUT2D eigenvalue weighted by atomic mass is 9.91. The number of amides is 1. The number of aromatic nitrogens is 1. The number of nitrogens with zero attached hydrogens (tertiary/aromatic N) is 2. The molecular formula is C21H22F3N3O4. The topological polar surface area (TPSA) is 84.7 Å². The minimum atomic E-state index is -1.64. The molecule has 2 unspecified atom stereocenters. The van der Waals surface area contributed by atoms with E-state index in [1.54, 1.807) is 0 Å². The maximum Gasteiger partial charge on any atom is 0.312 e. The minimum absolute atomic E-state index is 0.164. The van der Waals surface area contributed by atoms with E-state index in [1.807, 2.05) is 0 Å². The van der Waals surface area contributed by atoms with Crippen LogP contribution in [0.5, 0.6) is 0 Å². The Morgan fingerprint density at radius 2 is 2.00 bits per heavy atom. The number of carbonyl (C=O) groups excluding carboxylic acids is 2. The number of hydrogen-bond donors (Lipinski definition) is 1. The summed E-state index contributed by atoms with van der Waals surface area (Å²) in [5.74, 6) is -5.50. The molecule has 1 aliphatic carbocycles. The maximum absolute atomic E-state index is 14.0. The fourth-order valence-electron chi connectivity index (χ4n) is 3.88. The number of carbonyl (C=O) groups is 2. The first kappa shape index (κ1) is 21.4. The predicted octanol–water partition coefficient (Wildman–Crippen LogP) is 2.76. The van der Waals surface area contributed by atoms with Crippen LogP contribution in [0.15, 0.2) is 22.7 Å². The van der Waals surface area contributed by atoms with E-state index in [0.29, 0.717) is 18.9 Å².